The third kappa shape index (κ3) is 4.26. The average Bonchev–Trinajstić information content (AvgIpc) is 3.05. The van der Waals surface area contributed by atoms with Gasteiger partial charge in [0.2, 0.25) is 0 Å². The van der Waals surface area contributed by atoms with Gasteiger partial charge in [-0.05, 0) is 104 Å². The Bertz CT molecular complexity index is 693. The zero-order chi connectivity index (χ0) is 22.4. The molecule has 0 radical (unpaired) electrons. The van der Waals surface area contributed by atoms with Crippen molar-refractivity contribution in [3.8, 4) is 0 Å². The van der Waals surface area contributed by atoms with Crippen LogP contribution >= 0.6 is 0 Å². The van der Waals surface area contributed by atoms with Crippen LogP contribution in [0.2, 0.25) is 0 Å². The molecule has 0 heterocycles. The number of carbonyl (C=O) groups is 1. The molecule has 0 aromatic carbocycles. The summed E-state index contributed by atoms with van der Waals surface area (Å²) in [4.78, 5) is 11.3. The molecule has 0 aliphatic heterocycles. The summed E-state index contributed by atoms with van der Waals surface area (Å²) in [7, 11) is 0. The van der Waals surface area contributed by atoms with Crippen molar-refractivity contribution >= 4 is 5.97 Å². The normalized spacial score (nSPS) is 43.0. The Morgan fingerprint density at radius 1 is 1.06 bits per heavy atom. The predicted octanol–water partition coefficient (Wildman–Crippen LogP) is 8.12. The summed E-state index contributed by atoms with van der Waals surface area (Å²) in [5.74, 6) is 5.01. The van der Waals surface area contributed by atoms with Crippen LogP contribution in [0.25, 0.3) is 0 Å². The molecule has 4 rings (SSSR count). The van der Waals surface area contributed by atoms with Crippen molar-refractivity contribution in [3.63, 3.8) is 0 Å². The topological polar surface area (TPSA) is 37.3 Å². The maximum absolute atomic E-state index is 11.3. The molecule has 2 heteroatoms. The van der Waals surface area contributed by atoms with Gasteiger partial charge in [0.1, 0.15) is 0 Å². The summed E-state index contributed by atoms with van der Waals surface area (Å²) in [6.07, 6.45) is 17.6. The van der Waals surface area contributed by atoms with Crippen molar-refractivity contribution in [2.45, 2.75) is 112 Å². The van der Waals surface area contributed by atoms with Gasteiger partial charge in [-0.1, -0.05) is 65.5 Å². The predicted molar refractivity (Wildman–Crippen MR) is 129 cm³/mol. The number of hydrogen-bond acceptors (Lipinski definition) is 1. The summed E-state index contributed by atoms with van der Waals surface area (Å²) in [6.45, 7) is 12.5. The molecule has 4 unspecified atom stereocenters. The Kier molecular flexibility index (Phi) is 6.68. The minimum Gasteiger partial charge on any atom is -0.481 e. The van der Waals surface area contributed by atoms with Gasteiger partial charge in [0, 0.05) is 6.42 Å². The van der Waals surface area contributed by atoms with Gasteiger partial charge in [-0.2, -0.15) is 0 Å². The molecule has 0 aromatic rings. The molecule has 0 amide bonds. The van der Waals surface area contributed by atoms with E-state index in [-0.39, 0.29) is 0 Å². The average molecular weight is 429 g/mol. The molecule has 1 N–H and O–H groups in total. The number of carboxylic acids is 1. The van der Waals surface area contributed by atoms with Crippen LogP contribution in [0, 0.1) is 52.3 Å². The van der Waals surface area contributed by atoms with Gasteiger partial charge in [-0.15, -0.1) is 0 Å². The summed E-state index contributed by atoms with van der Waals surface area (Å²) in [6, 6.07) is 0. The van der Waals surface area contributed by atoms with E-state index in [9.17, 15) is 9.90 Å². The molecule has 0 aromatic heterocycles. The highest BCUT2D eigenvalue weighted by molar-refractivity contribution is 5.67. The van der Waals surface area contributed by atoms with E-state index in [1.54, 1.807) is 5.57 Å². The molecule has 3 saturated carbocycles. The molecule has 2 nitrogen and oxygen atoms in total. The van der Waals surface area contributed by atoms with E-state index in [0.29, 0.717) is 23.2 Å². The van der Waals surface area contributed by atoms with E-state index < -0.39 is 5.97 Å². The van der Waals surface area contributed by atoms with E-state index in [4.69, 9.17) is 0 Å². The number of fused-ring (bicyclic) bond motifs is 5. The first kappa shape index (κ1) is 23.4. The molecular formula is C29H48O2. The van der Waals surface area contributed by atoms with Crippen LogP contribution in [0.15, 0.2) is 11.6 Å². The standard InChI is InChI=1S/C29H48O2/c1-19(2)7-6-8-20(3)24-11-12-25-23-10-9-22-17-21(18-27(30)31)13-15-28(22,4)26(23)14-16-29(24,25)5/h9,19-21,23-26H,6-8,10-18H2,1-5H3,(H,30,31)/t20-,21?,23?,24-,25?,26?,28+,29-/m1/s1. The van der Waals surface area contributed by atoms with Crippen molar-refractivity contribution in [3.05, 3.63) is 11.6 Å². The Labute approximate surface area is 191 Å². The van der Waals surface area contributed by atoms with Crippen molar-refractivity contribution in [2.24, 2.45) is 52.3 Å². The van der Waals surface area contributed by atoms with E-state index in [1.165, 1.54) is 57.8 Å². The fraction of sp³-hybridized carbons (Fsp3) is 0.897. The SMILES string of the molecule is CC(C)CCC[C@@H](C)[C@H]1CCC2C3CC=C4CC(CC(=O)O)CC[C@]4(C)C3CC[C@@]21C. The van der Waals surface area contributed by atoms with Crippen LogP contribution in [0.3, 0.4) is 0 Å². The van der Waals surface area contributed by atoms with Crippen LogP contribution in [0.1, 0.15) is 112 Å². The van der Waals surface area contributed by atoms with Gasteiger partial charge in [0.05, 0.1) is 0 Å². The summed E-state index contributed by atoms with van der Waals surface area (Å²) < 4.78 is 0. The fourth-order valence-electron chi connectivity index (χ4n) is 9.18. The molecule has 0 bridgehead atoms. The number of aliphatic carboxylic acids is 1. The molecule has 3 fully saturated rings. The number of rotatable bonds is 7. The summed E-state index contributed by atoms with van der Waals surface area (Å²) in [5, 5.41) is 9.28. The van der Waals surface area contributed by atoms with Crippen molar-refractivity contribution < 1.29 is 9.90 Å². The van der Waals surface area contributed by atoms with Gasteiger partial charge in [-0.3, -0.25) is 4.79 Å². The van der Waals surface area contributed by atoms with E-state index in [2.05, 4.69) is 40.7 Å². The Morgan fingerprint density at radius 2 is 1.84 bits per heavy atom. The smallest absolute Gasteiger partial charge is 0.303 e. The highest BCUT2D eigenvalue weighted by Gasteiger charge is 2.59. The fourth-order valence-corrected chi connectivity index (χ4v) is 9.18. The highest BCUT2D eigenvalue weighted by atomic mass is 16.4. The molecule has 176 valence electrons. The van der Waals surface area contributed by atoms with Crippen molar-refractivity contribution in [1.82, 2.24) is 0 Å². The van der Waals surface area contributed by atoms with Gasteiger partial charge in [0.15, 0.2) is 0 Å². The zero-order valence-electron chi connectivity index (χ0n) is 21.0. The largest absolute Gasteiger partial charge is 0.481 e. The Morgan fingerprint density at radius 3 is 2.55 bits per heavy atom. The lowest BCUT2D eigenvalue weighted by Gasteiger charge is -2.58. The van der Waals surface area contributed by atoms with Crippen LogP contribution in [-0.4, -0.2) is 11.1 Å². The molecule has 4 aliphatic rings. The second-order valence-electron chi connectivity index (χ2n) is 13.0. The summed E-state index contributed by atoms with van der Waals surface area (Å²) in [5.41, 5.74) is 2.53. The third-order valence-electron chi connectivity index (χ3n) is 10.9. The number of carboxylic acid groups (broad SMARTS) is 1. The molecule has 0 saturated heterocycles. The van der Waals surface area contributed by atoms with Crippen molar-refractivity contribution in [1.29, 1.82) is 0 Å². The van der Waals surface area contributed by atoms with Crippen LogP contribution in [0.4, 0.5) is 0 Å². The van der Waals surface area contributed by atoms with Crippen LogP contribution in [-0.2, 0) is 4.79 Å². The first-order valence-electron chi connectivity index (χ1n) is 13.6. The molecular weight excluding hydrogens is 380 g/mol. The zero-order valence-corrected chi connectivity index (χ0v) is 21.0. The van der Waals surface area contributed by atoms with Crippen molar-refractivity contribution in [2.75, 3.05) is 0 Å². The van der Waals surface area contributed by atoms with Crippen LogP contribution < -0.4 is 0 Å². The minimum absolute atomic E-state index is 0.347. The van der Waals surface area contributed by atoms with Gasteiger partial charge in [0.25, 0.3) is 0 Å². The third-order valence-corrected chi connectivity index (χ3v) is 10.9. The quantitative estimate of drug-likeness (QED) is 0.416. The van der Waals surface area contributed by atoms with E-state index in [0.717, 1.165) is 48.3 Å². The second-order valence-corrected chi connectivity index (χ2v) is 13.0. The molecule has 8 atom stereocenters. The maximum Gasteiger partial charge on any atom is 0.303 e. The molecule has 0 spiro atoms. The Hall–Kier alpha value is -0.790. The van der Waals surface area contributed by atoms with Crippen LogP contribution in [0.5, 0.6) is 0 Å². The first-order chi connectivity index (χ1) is 14.6. The minimum atomic E-state index is -0.615. The molecule has 4 aliphatic carbocycles. The van der Waals surface area contributed by atoms with Gasteiger partial charge in [-0.25, -0.2) is 0 Å². The lowest BCUT2D eigenvalue weighted by atomic mass is 9.46. The van der Waals surface area contributed by atoms with E-state index in [1.807, 2.05) is 0 Å². The monoisotopic (exact) mass is 428 g/mol. The second kappa shape index (κ2) is 8.86. The lowest BCUT2D eigenvalue weighted by Crippen LogP contribution is -2.50. The van der Waals surface area contributed by atoms with Gasteiger partial charge < -0.3 is 5.11 Å². The number of allylic oxidation sites excluding steroid dienone is 2. The number of hydrogen-bond donors (Lipinski definition) is 1. The highest BCUT2D eigenvalue weighted by Crippen LogP contribution is 2.67. The van der Waals surface area contributed by atoms with Gasteiger partial charge >= 0.3 is 5.97 Å². The first-order valence-corrected chi connectivity index (χ1v) is 13.6. The maximum atomic E-state index is 11.3. The molecule has 31 heavy (non-hydrogen) atoms. The lowest BCUT2D eigenvalue weighted by molar-refractivity contribution is -0.138. The Balaban J connectivity index is 1.47. The summed E-state index contributed by atoms with van der Waals surface area (Å²) >= 11 is 0. The van der Waals surface area contributed by atoms with E-state index >= 15 is 0 Å².